The Morgan fingerprint density at radius 1 is 1.33 bits per heavy atom. The number of aromatic nitrogens is 1. The van der Waals surface area contributed by atoms with Crippen molar-refractivity contribution in [1.82, 2.24) is 10.3 Å². The second kappa shape index (κ2) is 6.83. The van der Waals surface area contributed by atoms with Crippen LogP contribution in [-0.2, 0) is 16.6 Å². The Balaban J connectivity index is 2.19. The summed E-state index contributed by atoms with van der Waals surface area (Å²) in [7, 11) is -3.66. The monoisotopic (exact) mass is 391 g/mol. The molecule has 114 valence electrons. The summed E-state index contributed by atoms with van der Waals surface area (Å²) in [5.41, 5.74) is 1.15. The predicted molar refractivity (Wildman–Crippen MR) is 88.1 cm³/mol. The molecule has 0 amide bonds. The first-order valence-corrected chi connectivity index (χ1v) is 8.93. The number of aromatic amines is 1. The Bertz CT molecular complexity index is 731. The first-order valence-electron chi connectivity index (χ1n) is 6.28. The molecule has 0 spiro atoms. The zero-order valence-corrected chi connectivity index (χ0v) is 14.4. The first kappa shape index (κ1) is 16.4. The van der Waals surface area contributed by atoms with Crippen LogP contribution in [0.5, 0.6) is 0 Å². The topological polar surface area (TPSA) is 74.0 Å². The van der Waals surface area contributed by atoms with Crippen molar-refractivity contribution in [3.8, 4) is 0 Å². The fraction of sp³-hybridized carbons (Fsp3) is 0.231. The molecule has 0 radical (unpaired) electrons. The van der Waals surface area contributed by atoms with Gasteiger partial charge in [0.2, 0.25) is 0 Å². The van der Waals surface area contributed by atoms with E-state index in [0.717, 1.165) is 16.7 Å². The maximum absolute atomic E-state index is 12.3. The van der Waals surface area contributed by atoms with Gasteiger partial charge in [0.1, 0.15) is 4.90 Å². The molecule has 0 fully saturated rings. The number of nitrogens with one attached hydrogen (secondary N) is 3. The fourth-order valence-corrected chi connectivity index (χ4v) is 3.59. The molecule has 5 nitrogen and oxygen atoms in total. The Labute approximate surface area is 137 Å². The number of H-pyrrole nitrogens is 1. The highest BCUT2D eigenvalue weighted by atomic mass is 79.9. The van der Waals surface area contributed by atoms with Gasteiger partial charge in [-0.2, -0.15) is 0 Å². The van der Waals surface area contributed by atoms with Gasteiger partial charge in [-0.1, -0.05) is 34.5 Å². The molecule has 0 aliphatic rings. The van der Waals surface area contributed by atoms with Crippen LogP contribution >= 0.6 is 27.5 Å². The average molecular weight is 393 g/mol. The van der Waals surface area contributed by atoms with Gasteiger partial charge in [-0.3, -0.25) is 4.72 Å². The third-order valence-corrected chi connectivity index (χ3v) is 4.92. The van der Waals surface area contributed by atoms with Gasteiger partial charge in [0.25, 0.3) is 10.0 Å². The highest BCUT2D eigenvalue weighted by Crippen LogP contribution is 2.27. The molecule has 0 saturated carbocycles. The lowest BCUT2D eigenvalue weighted by Crippen LogP contribution is -2.13. The number of halogens is 2. The number of rotatable bonds is 6. The lowest BCUT2D eigenvalue weighted by atomic mass is 10.3. The third-order valence-electron chi connectivity index (χ3n) is 2.77. The lowest BCUT2D eigenvalue weighted by Gasteiger charge is -2.08. The molecule has 0 aliphatic heterocycles. The number of benzene rings is 1. The maximum atomic E-state index is 12.3. The van der Waals surface area contributed by atoms with E-state index in [-0.39, 0.29) is 4.90 Å². The van der Waals surface area contributed by atoms with Gasteiger partial charge < -0.3 is 10.3 Å². The van der Waals surface area contributed by atoms with Crippen LogP contribution in [0.1, 0.15) is 12.6 Å². The third kappa shape index (κ3) is 4.23. The lowest BCUT2D eigenvalue weighted by molar-refractivity contribution is 0.601. The van der Waals surface area contributed by atoms with Crippen LogP contribution < -0.4 is 10.0 Å². The van der Waals surface area contributed by atoms with Gasteiger partial charge in [0.05, 0.1) is 10.7 Å². The van der Waals surface area contributed by atoms with Gasteiger partial charge in [0, 0.05) is 22.9 Å². The van der Waals surface area contributed by atoms with E-state index in [2.05, 4.69) is 31.0 Å². The zero-order valence-electron chi connectivity index (χ0n) is 11.3. The fourth-order valence-electron chi connectivity index (χ4n) is 1.71. The summed E-state index contributed by atoms with van der Waals surface area (Å²) in [4.78, 5) is 3.11. The smallest absolute Gasteiger partial charge is 0.263 e. The van der Waals surface area contributed by atoms with Crippen molar-refractivity contribution < 1.29 is 8.42 Å². The quantitative estimate of drug-likeness (QED) is 0.706. The standard InChI is InChI=1S/C13H15BrClN3O2S/c1-2-16-7-10-6-11(8-17-10)21(19,20)18-13-4-3-9(14)5-12(13)15/h3-6,8,16-18H,2,7H2,1H3. The summed E-state index contributed by atoms with van der Waals surface area (Å²) in [6, 6.07) is 6.55. The van der Waals surface area contributed by atoms with Crippen molar-refractivity contribution in [3.05, 3.63) is 45.7 Å². The SMILES string of the molecule is CCNCc1cc(S(=O)(=O)Nc2ccc(Br)cc2Cl)c[nH]1. The van der Waals surface area contributed by atoms with Gasteiger partial charge in [-0.15, -0.1) is 0 Å². The summed E-state index contributed by atoms with van der Waals surface area (Å²) in [5.74, 6) is 0. The van der Waals surface area contributed by atoms with Gasteiger partial charge in [-0.25, -0.2) is 8.42 Å². The minimum absolute atomic E-state index is 0.175. The van der Waals surface area contributed by atoms with Crippen LogP contribution in [0.4, 0.5) is 5.69 Å². The molecular weight excluding hydrogens is 378 g/mol. The molecule has 0 unspecified atom stereocenters. The second-order valence-corrected chi connectivity index (χ2v) is 7.38. The van der Waals surface area contributed by atoms with Crippen LogP contribution in [0.25, 0.3) is 0 Å². The van der Waals surface area contributed by atoms with Crippen molar-refractivity contribution in [2.75, 3.05) is 11.3 Å². The Kier molecular flexibility index (Phi) is 5.32. The Hall–Kier alpha value is -1.02. The first-order chi connectivity index (χ1) is 9.92. The van der Waals surface area contributed by atoms with Crippen molar-refractivity contribution in [2.24, 2.45) is 0 Å². The van der Waals surface area contributed by atoms with E-state index in [1.807, 2.05) is 6.92 Å². The summed E-state index contributed by atoms with van der Waals surface area (Å²) < 4.78 is 27.9. The van der Waals surface area contributed by atoms with Crippen LogP contribution in [0.15, 0.2) is 39.8 Å². The van der Waals surface area contributed by atoms with E-state index < -0.39 is 10.0 Å². The van der Waals surface area contributed by atoms with E-state index in [0.29, 0.717) is 17.3 Å². The van der Waals surface area contributed by atoms with Crippen molar-refractivity contribution in [1.29, 1.82) is 0 Å². The predicted octanol–water partition coefficient (Wildman–Crippen LogP) is 3.34. The minimum atomic E-state index is -3.66. The molecule has 1 aromatic carbocycles. The van der Waals surface area contributed by atoms with E-state index in [9.17, 15) is 8.42 Å². The van der Waals surface area contributed by atoms with Crippen molar-refractivity contribution in [3.63, 3.8) is 0 Å². The molecule has 3 N–H and O–H groups in total. The Morgan fingerprint density at radius 2 is 2.10 bits per heavy atom. The summed E-state index contributed by atoms with van der Waals surface area (Å²) in [6.45, 7) is 3.39. The van der Waals surface area contributed by atoms with Gasteiger partial charge >= 0.3 is 0 Å². The molecule has 8 heteroatoms. The second-order valence-electron chi connectivity index (χ2n) is 4.37. The minimum Gasteiger partial charge on any atom is -0.363 e. The summed E-state index contributed by atoms with van der Waals surface area (Å²) in [6.07, 6.45) is 1.46. The van der Waals surface area contributed by atoms with Gasteiger partial charge in [-0.05, 0) is 30.8 Å². The molecule has 1 aromatic heterocycles. The van der Waals surface area contributed by atoms with Gasteiger partial charge in [0.15, 0.2) is 0 Å². The Morgan fingerprint density at radius 3 is 2.76 bits per heavy atom. The van der Waals surface area contributed by atoms with Crippen LogP contribution in [0.2, 0.25) is 5.02 Å². The van der Waals surface area contributed by atoms with E-state index in [4.69, 9.17) is 11.6 Å². The molecule has 0 saturated heterocycles. The molecule has 1 heterocycles. The van der Waals surface area contributed by atoms with Crippen molar-refractivity contribution >= 4 is 43.2 Å². The number of hydrogen-bond donors (Lipinski definition) is 3. The molecule has 2 aromatic rings. The zero-order chi connectivity index (χ0) is 15.5. The van der Waals surface area contributed by atoms with E-state index in [1.165, 1.54) is 6.20 Å². The largest absolute Gasteiger partial charge is 0.363 e. The van der Waals surface area contributed by atoms with E-state index >= 15 is 0 Å². The summed E-state index contributed by atoms with van der Waals surface area (Å²) in [5, 5.41) is 3.45. The molecule has 0 bridgehead atoms. The van der Waals surface area contributed by atoms with Crippen LogP contribution in [0.3, 0.4) is 0 Å². The molecule has 2 rings (SSSR count). The van der Waals surface area contributed by atoms with E-state index in [1.54, 1.807) is 24.3 Å². The molecule has 0 atom stereocenters. The average Bonchev–Trinajstić information content (AvgIpc) is 2.89. The molecule has 21 heavy (non-hydrogen) atoms. The maximum Gasteiger partial charge on any atom is 0.263 e. The summed E-state index contributed by atoms with van der Waals surface area (Å²) >= 11 is 9.30. The van der Waals surface area contributed by atoms with Crippen LogP contribution in [0, 0.1) is 0 Å². The highest BCUT2D eigenvalue weighted by Gasteiger charge is 2.17. The number of anilines is 1. The molecular formula is C13H15BrClN3O2S. The van der Waals surface area contributed by atoms with Crippen molar-refractivity contribution in [2.45, 2.75) is 18.4 Å². The number of hydrogen-bond acceptors (Lipinski definition) is 3. The molecule has 0 aliphatic carbocycles. The normalized spacial score (nSPS) is 11.6. The highest BCUT2D eigenvalue weighted by molar-refractivity contribution is 9.10. The van der Waals surface area contributed by atoms with Crippen LogP contribution in [-0.4, -0.2) is 19.9 Å². The number of sulfonamides is 1.